The van der Waals surface area contributed by atoms with Gasteiger partial charge in [-0.25, -0.2) is 9.97 Å². The lowest BCUT2D eigenvalue weighted by atomic mass is 9.95. The van der Waals surface area contributed by atoms with Crippen molar-refractivity contribution in [3.05, 3.63) is 24.2 Å². The molecule has 1 unspecified atom stereocenters. The van der Waals surface area contributed by atoms with Gasteiger partial charge in [-0.1, -0.05) is 0 Å². The topological polar surface area (TPSA) is 82.2 Å². The van der Waals surface area contributed by atoms with Crippen molar-refractivity contribution in [2.45, 2.75) is 38.0 Å². The Morgan fingerprint density at radius 2 is 1.70 bits per heavy atom. The number of H-pyrrole nitrogens is 1. The van der Waals surface area contributed by atoms with E-state index < -0.39 is 0 Å². The summed E-state index contributed by atoms with van der Waals surface area (Å²) in [5.41, 5.74) is 1.73. The van der Waals surface area contributed by atoms with E-state index in [1.54, 1.807) is 6.20 Å². The lowest BCUT2D eigenvalue weighted by molar-refractivity contribution is -0.137. The summed E-state index contributed by atoms with van der Waals surface area (Å²) >= 11 is 0. The van der Waals surface area contributed by atoms with Crippen LogP contribution in [0.25, 0.3) is 11.2 Å². The highest BCUT2D eigenvalue weighted by Crippen LogP contribution is 2.34. The van der Waals surface area contributed by atoms with Crippen LogP contribution < -0.4 is 0 Å². The van der Waals surface area contributed by atoms with Crippen molar-refractivity contribution in [3.63, 3.8) is 0 Å². The molecule has 3 fully saturated rings. The van der Waals surface area contributed by atoms with Gasteiger partial charge in [0.15, 0.2) is 5.65 Å². The molecule has 1 N–H and O–H groups in total. The maximum Gasteiger partial charge on any atom is 0.227 e. The second kappa shape index (κ2) is 6.62. The van der Waals surface area contributed by atoms with Crippen LogP contribution in [0.1, 0.15) is 43.8 Å². The molecule has 7 nitrogen and oxygen atoms in total. The van der Waals surface area contributed by atoms with Crippen LogP contribution in [0.2, 0.25) is 0 Å². The largest absolute Gasteiger partial charge is 0.342 e. The van der Waals surface area contributed by atoms with Gasteiger partial charge in [0.25, 0.3) is 0 Å². The number of pyridine rings is 1. The molecular formula is C20H25N5O2. The van der Waals surface area contributed by atoms with Crippen LogP contribution in [0.3, 0.4) is 0 Å². The monoisotopic (exact) mass is 367 g/mol. The van der Waals surface area contributed by atoms with E-state index in [0.29, 0.717) is 12.5 Å². The number of aromatic amines is 1. The molecule has 142 valence electrons. The Kier molecular flexibility index (Phi) is 4.10. The molecule has 0 bridgehead atoms. The molecule has 0 spiro atoms. The van der Waals surface area contributed by atoms with Crippen molar-refractivity contribution in [1.29, 1.82) is 0 Å². The highest BCUT2D eigenvalue weighted by atomic mass is 16.2. The fourth-order valence-electron chi connectivity index (χ4n) is 4.44. The number of amides is 2. The highest BCUT2D eigenvalue weighted by molar-refractivity contribution is 5.84. The van der Waals surface area contributed by atoms with Gasteiger partial charge in [0.05, 0.1) is 11.4 Å². The number of rotatable bonds is 3. The predicted octanol–water partition coefficient (Wildman–Crippen LogP) is 1.92. The van der Waals surface area contributed by atoms with Crippen LogP contribution in [0.15, 0.2) is 18.3 Å². The quantitative estimate of drug-likeness (QED) is 0.899. The van der Waals surface area contributed by atoms with Crippen LogP contribution in [0, 0.1) is 11.8 Å². The van der Waals surface area contributed by atoms with Gasteiger partial charge in [-0.05, 0) is 44.2 Å². The van der Waals surface area contributed by atoms with Gasteiger partial charge in [-0.15, -0.1) is 0 Å². The van der Waals surface area contributed by atoms with E-state index in [9.17, 15) is 9.59 Å². The molecule has 4 heterocycles. The van der Waals surface area contributed by atoms with Gasteiger partial charge in [0, 0.05) is 44.2 Å². The number of carbonyl (C=O) groups excluding carboxylic acids is 2. The van der Waals surface area contributed by atoms with E-state index in [4.69, 9.17) is 0 Å². The fraction of sp³-hybridized carbons (Fsp3) is 0.600. The van der Waals surface area contributed by atoms with E-state index in [2.05, 4.69) is 15.0 Å². The zero-order valence-corrected chi connectivity index (χ0v) is 15.4. The zero-order chi connectivity index (χ0) is 18.4. The number of hydrogen-bond acceptors (Lipinski definition) is 4. The standard InChI is InChI=1S/C20H25N5O2/c26-19(14-3-4-14)25-11-7-15(12-25)20(27)24-9-5-13(6-10-24)17-22-16-2-1-8-21-18(16)23-17/h1-2,8,13-15H,3-7,9-12H2,(H,21,22,23). The third-order valence-corrected chi connectivity index (χ3v) is 6.24. The Hall–Kier alpha value is -2.44. The molecule has 2 amide bonds. The lowest BCUT2D eigenvalue weighted by Crippen LogP contribution is -2.42. The van der Waals surface area contributed by atoms with E-state index in [1.165, 1.54) is 0 Å². The summed E-state index contributed by atoms with van der Waals surface area (Å²) in [6.07, 6.45) is 6.46. The van der Waals surface area contributed by atoms with E-state index in [1.807, 2.05) is 21.9 Å². The van der Waals surface area contributed by atoms with Gasteiger partial charge in [0.2, 0.25) is 11.8 Å². The summed E-state index contributed by atoms with van der Waals surface area (Å²) in [5.74, 6) is 2.05. The number of fused-ring (bicyclic) bond motifs is 1. The molecule has 1 aliphatic carbocycles. The summed E-state index contributed by atoms with van der Waals surface area (Å²) < 4.78 is 0. The number of likely N-dealkylation sites (tertiary alicyclic amines) is 2. The van der Waals surface area contributed by atoms with Crippen molar-refractivity contribution < 1.29 is 9.59 Å². The molecule has 5 rings (SSSR count). The average Bonchev–Trinajstić information content (AvgIpc) is 3.28. The summed E-state index contributed by atoms with van der Waals surface area (Å²) in [6, 6.07) is 3.90. The predicted molar refractivity (Wildman–Crippen MR) is 99.9 cm³/mol. The molecule has 27 heavy (non-hydrogen) atoms. The summed E-state index contributed by atoms with van der Waals surface area (Å²) in [7, 11) is 0. The molecule has 2 aliphatic heterocycles. The molecule has 2 saturated heterocycles. The van der Waals surface area contributed by atoms with Gasteiger partial charge < -0.3 is 14.8 Å². The number of nitrogens with one attached hydrogen (secondary N) is 1. The smallest absolute Gasteiger partial charge is 0.227 e. The Morgan fingerprint density at radius 3 is 2.44 bits per heavy atom. The van der Waals surface area contributed by atoms with E-state index in [0.717, 1.165) is 68.7 Å². The second-order valence-corrected chi connectivity index (χ2v) is 8.14. The molecule has 1 atom stereocenters. The number of aromatic nitrogens is 3. The van der Waals surface area contributed by atoms with Crippen molar-refractivity contribution in [1.82, 2.24) is 24.8 Å². The molecule has 1 saturated carbocycles. The second-order valence-electron chi connectivity index (χ2n) is 8.14. The van der Waals surface area contributed by atoms with Crippen molar-refractivity contribution in [2.75, 3.05) is 26.2 Å². The van der Waals surface area contributed by atoms with Gasteiger partial charge in [0.1, 0.15) is 5.82 Å². The maximum atomic E-state index is 12.9. The van der Waals surface area contributed by atoms with Gasteiger partial charge in [-0.2, -0.15) is 0 Å². The zero-order valence-electron chi connectivity index (χ0n) is 15.4. The average molecular weight is 367 g/mol. The lowest BCUT2D eigenvalue weighted by Gasteiger charge is -2.32. The maximum absolute atomic E-state index is 12.9. The summed E-state index contributed by atoms with van der Waals surface area (Å²) in [4.78, 5) is 41.3. The first-order chi connectivity index (χ1) is 13.2. The van der Waals surface area contributed by atoms with Crippen LogP contribution in [-0.2, 0) is 9.59 Å². The molecule has 2 aromatic heterocycles. The van der Waals surface area contributed by atoms with E-state index in [-0.39, 0.29) is 23.7 Å². The minimum Gasteiger partial charge on any atom is -0.342 e. The normalized spacial score (nSPS) is 23.9. The fourth-order valence-corrected chi connectivity index (χ4v) is 4.44. The SMILES string of the molecule is O=C(C1CCN(C(=O)C2CC2)C1)N1CCC(c2nc3ncccc3[nH]2)CC1. The molecule has 7 heteroatoms. The first kappa shape index (κ1) is 16.7. The third-order valence-electron chi connectivity index (χ3n) is 6.24. The highest BCUT2D eigenvalue weighted by Gasteiger charge is 2.39. The number of piperidine rings is 1. The number of imidazole rings is 1. The van der Waals surface area contributed by atoms with Crippen LogP contribution in [0.4, 0.5) is 0 Å². The minimum absolute atomic E-state index is 0.0142. The van der Waals surface area contributed by atoms with Crippen LogP contribution in [0.5, 0.6) is 0 Å². The number of nitrogens with zero attached hydrogens (tertiary/aromatic N) is 4. The van der Waals surface area contributed by atoms with E-state index >= 15 is 0 Å². The first-order valence-electron chi connectivity index (χ1n) is 10.1. The summed E-state index contributed by atoms with van der Waals surface area (Å²) in [6.45, 7) is 2.89. The molecule has 2 aromatic rings. The molecular weight excluding hydrogens is 342 g/mol. The summed E-state index contributed by atoms with van der Waals surface area (Å²) in [5, 5.41) is 0. The number of hydrogen-bond donors (Lipinski definition) is 1. The van der Waals surface area contributed by atoms with Crippen LogP contribution >= 0.6 is 0 Å². The van der Waals surface area contributed by atoms with Crippen molar-refractivity contribution in [2.24, 2.45) is 11.8 Å². The van der Waals surface area contributed by atoms with Crippen LogP contribution in [-0.4, -0.2) is 62.7 Å². The van der Waals surface area contributed by atoms with Crippen molar-refractivity contribution in [3.8, 4) is 0 Å². The first-order valence-corrected chi connectivity index (χ1v) is 10.1. The Labute approximate surface area is 158 Å². The molecule has 0 aromatic carbocycles. The van der Waals surface area contributed by atoms with Gasteiger partial charge >= 0.3 is 0 Å². The van der Waals surface area contributed by atoms with Crippen molar-refractivity contribution >= 4 is 23.0 Å². The minimum atomic E-state index is -0.0142. The van der Waals surface area contributed by atoms with Gasteiger partial charge in [-0.3, -0.25) is 9.59 Å². The third kappa shape index (κ3) is 3.19. The Balaban J connectivity index is 1.18. The molecule has 0 radical (unpaired) electrons. The Morgan fingerprint density at radius 1 is 0.963 bits per heavy atom. The molecule has 3 aliphatic rings. The number of carbonyl (C=O) groups is 2. The Bertz CT molecular complexity index is 833.